The Balaban J connectivity index is 2.25. The first-order valence-electron chi connectivity index (χ1n) is 6.76. The molecule has 3 heteroatoms. The largest absolute Gasteiger partial charge is 0.365 e. The average molecular weight is 264 g/mol. The van der Waals surface area contributed by atoms with Gasteiger partial charge in [0.25, 0.3) is 0 Å². The van der Waals surface area contributed by atoms with E-state index < -0.39 is 0 Å². The van der Waals surface area contributed by atoms with Gasteiger partial charge in [0.15, 0.2) is 0 Å². The Kier molecular flexibility index (Phi) is 4.57. The zero-order chi connectivity index (χ0) is 13.1. The van der Waals surface area contributed by atoms with Crippen molar-refractivity contribution in [3.63, 3.8) is 0 Å². The summed E-state index contributed by atoms with van der Waals surface area (Å²) in [5, 5.41) is 3.59. The quantitative estimate of drug-likeness (QED) is 0.844. The van der Waals surface area contributed by atoms with Gasteiger partial charge in [-0.25, -0.2) is 0 Å². The Hall–Kier alpha value is -0.670. The molecule has 0 bridgehead atoms. The average Bonchev–Trinajstić information content (AvgIpc) is 2.38. The fourth-order valence-corrected chi connectivity index (χ4v) is 3.06. The van der Waals surface area contributed by atoms with E-state index >= 15 is 0 Å². The van der Waals surface area contributed by atoms with E-state index in [0.717, 1.165) is 13.1 Å². The third-order valence-corrected chi connectivity index (χ3v) is 4.43. The highest BCUT2D eigenvalue weighted by molar-refractivity contribution is 7.98. The fraction of sp³-hybridized carbons (Fsp3) is 0.600. The van der Waals surface area contributed by atoms with Gasteiger partial charge < -0.3 is 10.2 Å². The van der Waals surface area contributed by atoms with Crippen molar-refractivity contribution in [3.05, 3.63) is 24.3 Å². The van der Waals surface area contributed by atoms with Crippen molar-refractivity contribution >= 4 is 17.4 Å². The number of nitrogens with zero attached hydrogens (tertiary/aromatic N) is 1. The highest BCUT2D eigenvalue weighted by atomic mass is 32.2. The number of benzene rings is 1. The van der Waals surface area contributed by atoms with Crippen molar-refractivity contribution in [2.24, 2.45) is 5.92 Å². The van der Waals surface area contributed by atoms with Crippen molar-refractivity contribution < 1.29 is 0 Å². The maximum absolute atomic E-state index is 3.59. The van der Waals surface area contributed by atoms with E-state index in [-0.39, 0.29) is 0 Å². The predicted octanol–water partition coefficient (Wildman–Crippen LogP) is 3.23. The van der Waals surface area contributed by atoms with Crippen LogP contribution in [0.3, 0.4) is 0 Å². The summed E-state index contributed by atoms with van der Waals surface area (Å²) < 4.78 is 0. The minimum Gasteiger partial charge on any atom is -0.365 e. The molecule has 18 heavy (non-hydrogen) atoms. The molecular weight excluding hydrogens is 240 g/mol. The third-order valence-electron chi connectivity index (χ3n) is 3.70. The van der Waals surface area contributed by atoms with E-state index in [4.69, 9.17) is 0 Å². The minimum atomic E-state index is 0.568. The maximum Gasteiger partial charge on any atom is 0.0438 e. The number of piperazine rings is 1. The van der Waals surface area contributed by atoms with Crippen LogP contribution in [0.15, 0.2) is 29.2 Å². The van der Waals surface area contributed by atoms with Gasteiger partial charge in [-0.1, -0.05) is 19.9 Å². The summed E-state index contributed by atoms with van der Waals surface area (Å²) in [6, 6.07) is 10.1. The molecule has 1 aromatic carbocycles. The van der Waals surface area contributed by atoms with Crippen molar-refractivity contribution in [2.75, 3.05) is 24.2 Å². The molecule has 1 aliphatic rings. The Bertz CT molecular complexity index is 392. The van der Waals surface area contributed by atoms with Crippen LogP contribution in [0, 0.1) is 5.92 Å². The zero-order valence-electron chi connectivity index (χ0n) is 11.8. The van der Waals surface area contributed by atoms with Gasteiger partial charge in [0.1, 0.15) is 0 Å². The smallest absolute Gasteiger partial charge is 0.0438 e. The molecular formula is C15H24N2S. The molecule has 0 radical (unpaired) electrons. The van der Waals surface area contributed by atoms with Crippen LogP contribution in [0.2, 0.25) is 0 Å². The second kappa shape index (κ2) is 5.98. The molecule has 0 aliphatic carbocycles. The molecule has 100 valence electrons. The first-order valence-corrected chi connectivity index (χ1v) is 7.98. The number of anilines is 1. The maximum atomic E-state index is 3.59. The third kappa shape index (κ3) is 3.01. The lowest BCUT2D eigenvalue weighted by atomic mass is 9.98. The van der Waals surface area contributed by atoms with Gasteiger partial charge in [0.2, 0.25) is 0 Å². The second-order valence-electron chi connectivity index (χ2n) is 5.47. The molecule has 2 rings (SSSR count). The molecule has 0 spiro atoms. The van der Waals surface area contributed by atoms with E-state index in [1.165, 1.54) is 10.6 Å². The van der Waals surface area contributed by atoms with Gasteiger partial charge >= 0.3 is 0 Å². The minimum absolute atomic E-state index is 0.568. The molecule has 0 amide bonds. The standard InChI is InChI=1S/C15H24N2S/c1-11(2)15-9-16-12(3)10-17(15)13-6-5-7-14(8-13)18-4/h5-8,11-12,15-16H,9-10H2,1-4H3. The fourth-order valence-electron chi connectivity index (χ4n) is 2.61. The normalized spacial score (nSPS) is 24.6. The van der Waals surface area contributed by atoms with Gasteiger partial charge in [0.05, 0.1) is 0 Å². The first-order chi connectivity index (χ1) is 8.61. The molecule has 0 saturated carbocycles. The van der Waals surface area contributed by atoms with Gasteiger partial charge in [-0.2, -0.15) is 0 Å². The van der Waals surface area contributed by atoms with Gasteiger partial charge in [-0.3, -0.25) is 0 Å². The number of rotatable bonds is 3. The monoisotopic (exact) mass is 264 g/mol. The summed E-state index contributed by atoms with van der Waals surface area (Å²) in [5.74, 6) is 0.669. The molecule has 2 unspecified atom stereocenters. The summed E-state index contributed by atoms with van der Waals surface area (Å²) in [4.78, 5) is 3.92. The Labute approximate surface area is 115 Å². The van der Waals surface area contributed by atoms with Crippen LogP contribution >= 0.6 is 11.8 Å². The van der Waals surface area contributed by atoms with Gasteiger partial charge in [-0.15, -0.1) is 11.8 Å². The van der Waals surface area contributed by atoms with Gasteiger partial charge in [0, 0.05) is 35.8 Å². The second-order valence-corrected chi connectivity index (χ2v) is 6.35. The van der Waals surface area contributed by atoms with Crippen LogP contribution in [-0.4, -0.2) is 31.4 Å². The van der Waals surface area contributed by atoms with Gasteiger partial charge in [-0.05, 0) is 37.3 Å². The summed E-state index contributed by atoms with van der Waals surface area (Å²) in [7, 11) is 0. The summed E-state index contributed by atoms with van der Waals surface area (Å²) >= 11 is 1.82. The number of hydrogen-bond acceptors (Lipinski definition) is 3. The van der Waals surface area contributed by atoms with Crippen LogP contribution in [-0.2, 0) is 0 Å². The van der Waals surface area contributed by atoms with Crippen molar-refractivity contribution in [1.29, 1.82) is 0 Å². The van der Waals surface area contributed by atoms with E-state index in [0.29, 0.717) is 18.0 Å². The van der Waals surface area contributed by atoms with Crippen LogP contribution < -0.4 is 10.2 Å². The molecule has 1 aliphatic heterocycles. The Morgan fingerprint density at radius 3 is 2.83 bits per heavy atom. The lowest BCUT2D eigenvalue weighted by molar-refractivity contribution is 0.349. The van der Waals surface area contributed by atoms with Crippen molar-refractivity contribution in [1.82, 2.24) is 5.32 Å². The molecule has 2 atom stereocenters. The first kappa shape index (κ1) is 13.8. The lowest BCUT2D eigenvalue weighted by Crippen LogP contribution is -2.57. The van der Waals surface area contributed by atoms with Crippen LogP contribution in [0.25, 0.3) is 0 Å². The highest BCUT2D eigenvalue weighted by Crippen LogP contribution is 2.27. The summed E-state index contributed by atoms with van der Waals surface area (Å²) in [6.45, 7) is 9.08. The molecule has 1 saturated heterocycles. The van der Waals surface area contributed by atoms with E-state index in [2.05, 4.69) is 61.5 Å². The molecule has 2 nitrogen and oxygen atoms in total. The molecule has 1 heterocycles. The Morgan fingerprint density at radius 2 is 2.17 bits per heavy atom. The van der Waals surface area contributed by atoms with Crippen LogP contribution in [0.1, 0.15) is 20.8 Å². The molecule has 1 fully saturated rings. The number of thioether (sulfide) groups is 1. The highest BCUT2D eigenvalue weighted by Gasteiger charge is 2.28. The molecule has 1 aromatic rings. The lowest BCUT2D eigenvalue weighted by Gasteiger charge is -2.43. The van der Waals surface area contributed by atoms with E-state index in [1.807, 2.05) is 11.8 Å². The van der Waals surface area contributed by atoms with Crippen LogP contribution in [0.4, 0.5) is 5.69 Å². The van der Waals surface area contributed by atoms with E-state index in [1.54, 1.807) is 0 Å². The predicted molar refractivity (Wildman–Crippen MR) is 81.7 cm³/mol. The van der Waals surface area contributed by atoms with E-state index in [9.17, 15) is 0 Å². The molecule has 1 N–H and O–H groups in total. The summed E-state index contributed by atoms with van der Waals surface area (Å²) in [6.07, 6.45) is 2.14. The van der Waals surface area contributed by atoms with Crippen molar-refractivity contribution in [2.45, 2.75) is 37.8 Å². The Morgan fingerprint density at radius 1 is 1.39 bits per heavy atom. The number of hydrogen-bond donors (Lipinski definition) is 1. The summed E-state index contributed by atoms with van der Waals surface area (Å²) in [5.41, 5.74) is 1.37. The SMILES string of the molecule is CSc1cccc(N2CC(C)NCC2C(C)C)c1. The zero-order valence-corrected chi connectivity index (χ0v) is 12.6. The van der Waals surface area contributed by atoms with Crippen molar-refractivity contribution in [3.8, 4) is 0 Å². The number of nitrogens with one attached hydrogen (secondary N) is 1. The molecule has 0 aromatic heterocycles. The topological polar surface area (TPSA) is 15.3 Å². The van der Waals surface area contributed by atoms with Crippen LogP contribution in [0.5, 0.6) is 0 Å².